The van der Waals surface area contributed by atoms with E-state index in [0.717, 1.165) is 25.0 Å². The Labute approximate surface area is 211 Å². The maximum absolute atomic E-state index is 12.0. The van der Waals surface area contributed by atoms with Crippen LogP contribution in [-0.2, 0) is 4.79 Å². The van der Waals surface area contributed by atoms with Crippen LogP contribution in [0.2, 0.25) is 0 Å². The first-order valence-electron chi connectivity index (χ1n) is 12.3. The Hall–Kier alpha value is -3.98. The van der Waals surface area contributed by atoms with Crippen molar-refractivity contribution in [3.8, 4) is 11.5 Å². The Kier molecular flexibility index (Phi) is 8.12. The normalized spacial score (nSPS) is 19.3. The lowest BCUT2D eigenvalue weighted by Crippen LogP contribution is -2.53. The van der Waals surface area contributed by atoms with Crippen LogP contribution in [0.1, 0.15) is 50.2 Å². The van der Waals surface area contributed by atoms with Crippen molar-refractivity contribution in [1.82, 2.24) is 15.3 Å². The molecule has 1 aliphatic rings. The molecule has 1 heterocycles. The van der Waals surface area contributed by atoms with Crippen LogP contribution in [0.5, 0.6) is 11.5 Å². The Balaban J connectivity index is 1.44. The SMILES string of the molecule is CCCC(=O)NC1CCC(Nc2ncnc(N)c2C(=N)c2ccc(Oc3ccccc3)cc2)CC1N. The fourth-order valence-corrected chi connectivity index (χ4v) is 4.43. The molecule has 0 spiro atoms. The number of nitrogen functional groups attached to an aromatic ring is 1. The van der Waals surface area contributed by atoms with E-state index in [0.29, 0.717) is 35.5 Å². The van der Waals surface area contributed by atoms with E-state index in [1.165, 1.54) is 6.33 Å². The molecule has 188 valence electrons. The lowest BCUT2D eigenvalue weighted by Gasteiger charge is -2.35. The van der Waals surface area contributed by atoms with Gasteiger partial charge in [-0.3, -0.25) is 10.2 Å². The summed E-state index contributed by atoms with van der Waals surface area (Å²) in [4.78, 5) is 20.5. The third-order valence-corrected chi connectivity index (χ3v) is 6.31. The molecule has 0 bridgehead atoms. The summed E-state index contributed by atoms with van der Waals surface area (Å²) >= 11 is 0. The summed E-state index contributed by atoms with van der Waals surface area (Å²) in [6.07, 6.45) is 4.96. The maximum atomic E-state index is 12.0. The number of hydrogen-bond donors (Lipinski definition) is 5. The van der Waals surface area contributed by atoms with Gasteiger partial charge in [0.1, 0.15) is 29.5 Å². The minimum Gasteiger partial charge on any atom is -0.457 e. The van der Waals surface area contributed by atoms with Crippen molar-refractivity contribution in [1.29, 1.82) is 5.41 Å². The number of anilines is 2. The Morgan fingerprint density at radius 2 is 1.81 bits per heavy atom. The van der Waals surface area contributed by atoms with Gasteiger partial charge in [0.15, 0.2) is 0 Å². The number of nitrogens with zero attached hydrogens (tertiary/aromatic N) is 2. The van der Waals surface area contributed by atoms with Crippen LogP contribution < -0.4 is 26.8 Å². The van der Waals surface area contributed by atoms with Gasteiger partial charge in [-0.2, -0.15) is 0 Å². The molecule has 0 saturated heterocycles. The molecule has 0 radical (unpaired) electrons. The van der Waals surface area contributed by atoms with Crippen LogP contribution in [-0.4, -0.2) is 39.7 Å². The summed E-state index contributed by atoms with van der Waals surface area (Å²) in [5.74, 6) is 2.19. The lowest BCUT2D eigenvalue weighted by molar-refractivity contribution is -0.122. The van der Waals surface area contributed by atoms with Gasteiger partial charge in [-0.1, -0.05) is 25.1 Å². The predicted molar refractivity (Wildman–Crippen MR) is 141 cm³/mol. The van der Waals surface area contributed by atoms with Gasteiger partial charge >= 0.3 is 0 Å². The number of amides is 1. The second-order valence-corrected chi connectivity index (χ2v) is 9.04. The first-order chi connectivity index (χ1) is 17.4. The third-order valence-electron chi connectivity index (χ3n) is 6.31. The van der Waals surface area contributed by atoms with Crippen LogP contribution >= 0.6 is 0 Å². The van der Waals surface area contributed by atoms with E-state index in [9.17, 15) is 4.79 Å². The fraction of sp³-hybridized carbons (Fsp3) is 0.333. The molecule has 9 nitrogen and oxygen atoms in total. The zero-order valence-electron chi connectivity index (χ0n) is 20.4. The fourth-order valence-electron chi connectivity index (χ4n) is 4.43. The smallest absolute Gasteiger partial charge is 0.220 e. The third kappa shape index (κ3) is 6.17. The number of benzene rings is 2. The largest absolute Gasteiger partial charge is 0.457 e. The average molecular weight is 488 g/mol. The summed E-state index contributed by atoms with van der Waals surface area (Å²) in [7, 11) is 0. The summed E-state index contributed by atoms with van der Waals surface area (Å²) in [5, 5.41) is 15.3. The molecule has 9 heteroatoms. The molecule has 1 fully saturated rings. The van der Waals surface area contributed by atoms with Crippen LogP contribution in [0, 0.1) is 5.41 Å². The Morgan fingerprint density at radius 3 is 2.50 bits per heavy atom. The monoisotopic (exact) mass is 487 g/mol. The molecule has 2 aromatic carbocycles. The molecule has 1 amide bonds. The maximum Gasteiger partial charge on any atom is 0.220 e. The van der Waals surface area contributed by atoms with Gasteiger partial charge in [0.25, 0.3) is 0 Å². The number of aromatic nitrogens is 2. The van der Waals surface area contributed by atoms with E-state index in [1.807, 2.05) is 61.5 Å². The molecule has 1 aliphatic carbocycles. The molecular weight excluding hydrogens is 454 g/mol. The highest BCUT2D eigenvalue weighted by Gasteiger charge is 2.30. The number of nitrogens with one attached hydrogen (secondary N) is 3. The number of carbonyl (C=O) groups is 1. The van der Waals surface area contributed by atoms with Crippen molar-refractivity contribution in [3.05, 3.63) is 72.1 Å². The van der Waals surface area contributed by atoms with E-state index < -0.39 is 0 Å². The number of carbonyl (C=O) groups excluding carboxylic acids is 1. The molecular formula is C27H33N7O2. The van der Waals surface area contributed by atoms with E-state index >= 15 is 0 Å². The number of para-hydroxylation sites is 1. The standard InChI is InChI=1S/C27H33N7O2/c1-2-6-23(35)34-22-14-11-18(15-21(22)28)33-27-24(26(30)31-16-32-27)25(29)17-9-12-20(13-10-17)36-19-7-4-3-5-8-19/h3-5,7-10,12-13,16,18,21-22,29H,2,6,11,14-15,28H2,1H3,(H,34,35)(H3,30,31,32,33). The predicted octanol–water partition coefficient (Wildman–Crippen LogP) is 3.84. The van der Waals surface area contributed by atoms with E-state index in [4.69, 9.17) is 21.6 Å². The molecule has 7 N–H and O–H groups in total. The lowest BCUT2D eigenvalue weighted by atomic mass is 9.87. The second-order valence-electron chi connectivity index (χ2n) is 9.04. The van der Waals surface area contributed by atoms with Crippen LogP contribution in [0.15, 0.2) is 60.9 Å². The van der Waals surface area contributed by atoms with Gasteiger partial charge < -0.3 is 26.8 Å². The first-order valence-corrected chi connectivity index (χ1v) is 12.3. The Morgan fingerprint density at radius 1 is 1.08 bits per heavy atom. The molecule has 4 rings (SSSR count). The highest BCUT2D eigenvalue weighted by atomic mass is 16.5. The van der Waals surface area contributed by atoms with E-state index in [2.05, 4.69) is 20.6 Å². The van der Waals surface area contributed by atoms with Crippen molar-refractivity contribution < 1.29 is 9.53 Å². The molecule has 1 aromatic heterocycles. The molecule has 3 aromatic rings. The number of hydrogen-bond acceptors (Lipinski definition) is 8. The van der Waals surface area contributed by atoms with E-state index in [-0.39, 0.29) is 35.6 Å². The van der Waals surface area contributed by atoms with Gasteiger partial charge in [-0.05, 0) is 62.1 Å². The molecule has 1 saturated carbocycles. The average Bonchev–Trinajstić information content (AvgIpc) is 2.87. The molecule has 3 unspecified atom stereocenters. The van der Waals surface area contributed by atoms with Gasteiger partial charge in [-0.15, -0.1) is 0 Å². The second kappa shape index (κ2) is 11.6. The summed E-state index contributed by atoms with van der Waals surface area (Å²) in [5.41, 5.74) is 13.9. The summed E-state index contributed by atoms with van der Waals surface area (Å²) in [6, 6.07) is 16.6. The number of nitrogens with two attached hydrogens (primary N) is 2. The van der Waals surface area contributed by atoms with Gasteiger partial charge in [0.2, 0.25) is 5.91 Å². The van der Waals surface area contributed by atoms with E-state index in [1.54, 1.807) is 0 Å². The number of ether oxygens (including phenoxy) is 1. The molecule has 3 atom stereocenters. The van der Waals surface area contributed by atoms with Crippen molar-refractivity contribution in [2.24, 2.45) is 5.73 Å². The first kappa shape index (κ1) is 25.1. The van der Waals surface area contributed by atoms with Gasteiger partial charge in [-0.25, -0.2) is 9.97 Å². The highest BCUT2D eigenvalue weighted by Crippen LogP contribution is 2.28. The topological polar surface area (TPSA) is 152 Å². The number of rotatable bonds is 9. The van der Waals surface area contributed by atoms with Crippen molar-refractivity contribution in [2.75, 3.05) is 11.1 Å². The van der Waals surface area contributed by atoms with Crippen molar-refractivity contribution >= 4 is 23.3 Å². The Bertz CT molecular complexity index is 1180. The van der Waals surface area contributed by atoms with Crippen LogP contribution in [0.25, 0.3) is 0 Å². The van der Waals surface area contributed by atoms with Crippen molar-refractivity contribution in [2.45, 2.75) is 57.2 Å². The summed E-state index contributed by atoms with van der Waals surface area (Å²) in [6.45, 7) is 1.98. The molecule has 36 heavy (non-hydrogen) atoms. The quantitative estimate of drug-likeness (QED) is 0.287. The minimum absolute atomic E-state index is 0.0352. The zero-order valence-corrected chi connectivity index (χ0v) is 20.4. The summed E-state index contributed by atoms with van der Waals surface area (Å²) < 4.78 is 5.85. The van der Waals surface area contributed by atoms with Crippen LogP contribution in [0.4, 0.5) is 11.6 Å². The minimum atomic E-state index is -0.170. The zero-order chi connectivity index (χ0) is 25.5. The van der Waals surface area contributed by atoms with Gasteiger partial charge in [0, 0.05) is 30.1 Å². The highest BCUT2D eigenvalue weighted by molar-refractivity contribution is 6.16. The van der Waals surface area contributed by atoms with Gasteiger partial charge in [0.05, 0.1) is 11.3 Å². The van der Waals surface area contributed by atoms with Crippen molar-refractivity contribution in [3.63, 3.8) is 0 Å². The van der Waals surface area contributed by atoms with Crippen LogP contribution in [0.3, 0.4) is 0 Å². The molecule has 0 aliphatic heterocycles.